The molecule has 0 saturated carbocycles. The molecule has 0 spiro atoms. The minimum Gasteiger partial charge on any atom is -0.326 e. The van der Waals surface area contributed by atoms with Crippen molar-refractivity contribution in [2.75, 3.05) is 16.8 Å². The molecule has 2 aromatic carbocycles. The minimum absolute atomic E-state index is 0.0203. The van der Waals surface area contributed by atoms with E-state index in [0.29, 0.717) is 12.1 Å². The van der Waals surface area contributed by atoms with E-state index in [-0.39, 0.29) is 35.2 Å². The van der Waals surface area contributed by atoms with Crippen molar-refractivity contribution in [2.24, 2.45) is 0 Å². The Kier molecular flexibility index (Phi) is 6.86. The van der Waals surface area contributed by atoms with Crippen molar-refractivity contribution in [2.45, 2.75) is 69.4 Å². The standard InChI is InChI=1S/C25H31N3O4S/c1-18-5-3-6-19(2)28(18)33(31,32)23-14-10-21(11-15-23)26-24(29)17-20-8-12-22(13-9-20)27-16-4-7-25(27)30/h8-15,18-19H,3-7,16-17H2,1-2H3,(H,26,29). The van der Waals surface area contributed by atoms with Gasteiger partial charge in [-0.1, -0.05) is 18.6 Å². The molecule has 1 N–H and O–H groups in total. The topological polar surface area (TPSA) is 86.8 Å². The van der Waals surface area contributed by atoms with Crippen LogP contribution in [0.2, 0.25) is 0 Å². The lowest BCUT2D eigenvalue weighted by atomic mass is 10.0. The highest BCUT2D eigenvalue weighted by atomic mass is 32.2. The number of piperidine rings is 1. The van der Waals surface area contributed by atoms with Gasteiger partial charge >= 0.3 is 0 Å². The Morgan fingerprint density at radius 3 is 2.18 bits per heavy atom. The smallest absolute Gasteiger partial charge is 0.243 e. The summed E-state index contributed by atoms with van der Waals surface area (Å²) in [5.74, 6) is -0.0518. The van der Waals surface area contributed by atoms with Crippen molar-refractivity contribution in [3.8, 4) is 0 Å². The second kappa shape index (κ2) is 9.65. The Balaban J connectivity index is 1.37. The Labute approximate surface area is 195 Å². The predicted molar refractivity (Wildman–Crippen MR) is 129 cm³/mol. The number of carbonyl (C=O) groups is 2. The quantitative estimate of drug-likeness (QED) is 0.694. The highest BCUT2D eigenvalue weighted by Crippen LogP contribution is 2.30. The molecule has 2 fully saturated rings. The summed E-state index contributed by atoms with van der Waals surface area (Å²) in [6.07, 6.45) is 4.43. The fourth-order valence-electron chi connectivity index (χ4n) is 4.81. The molecule has 2 unspecified atom stereocenters. The van der Waals surface area contributed by atoms with Crippen molar-refractivity contribution >= 4 is 33.2 Å². The van der Waals surface area contributed by atoms with Gasteiger partial charge < -0.3 is 10.2 Å². The van der Waals surface area contributed by atoms with Gasteiger partial charge in [0.05, 0.1) is 11.3 Å². The number of anilines is 2. The molecular weight excluding hydrogens is 438 g/mol. The largest absolute Gasteiger partial charge is 0.326 e. The van der Waals surface area contributed by atoms with Crippen LogP contribution in [0.1, 0.15) is 51.5 Å². The zero-order chi connectivity index (χ0) is 23.6. The molecule has 176 valence electrons. The van der Waals surface area contributed by atoms with Crippen LogP contribution < -0.4 is 10.2 Å². The SMILES string of the molecule is CC1CCCC(C)N1S(=O)(=O)c1ccc(NC(=O)Cc2ccc(N3CCCC3=O)cc2)cc1. The number of sulfonamides is 1. The van der Waals surface area contributed by atoms with Gasteiger partial charge in [-0.05, 0) is 75.1 Å². The predicted octanol–water partition coefficient (Wildman–Crippen LogP) is 3.95. The number of hydrogen-bond acceptors (Lipinski definition) is 4. The Bertz CT molecular complexity index is 1100. The fraction of sp³-hybridized carbons (Fsp3) is 0.440. The number of carbonyl (C=O) groups excluding carboxylic acids is 2. The van der Waals surface area contributed by atoms with Crippen LogP contribution in [-0.4, -0.2) is 43.2 Å². The number of amides is 2. The molecule has 33 heavy (non-hydrogen) atoms. The molecular formula is C25H31N3O4S. The number of hydrogen-bond donors (Lipinski definition) is 1. The molecule has 4 rings (SSSR count). The molecule has 0 radical (unpaired) electrons. The van der Waals surface area contributed by atoms with Crippen molar-refractivity contribution in [3.05, 3.63) is 54.1 Å². The average molecular weight is 470 g/mol. The van der Waals surface area contributed by atoms with E-state index in [4.69, 9.17) is 0 Å². The van der Waals surface area contributed by atoms with Crippen LogP contribution in [0.25, 0.3) is 0 Å². The van der Waals surface area contributed by atoms with Gasteiger partial charge in [-0.2, -0.15) is 4.31 Å². The van der Waals surface area contributed by atoms with Crippen molar-refractivity contribution in [1.29, 1.82) is 0 Å². The zero-order valence-electron chi connectivity index (χ0n) is 19.2. The van der Waals surface area contributed by atoms with Crippen LogP contribution in [0.5, 0.6) is 0 Å². The van der Waals surface area contributed by atoms with E-state index in [1.165, 1.54) is 0 Å². The molecule has 2 aliphatic heterocycles. The Hall–Kier alpha value is -2.71. The van der Waals surface area contributed by atoms with E-state index in [1.807, 2.05) is 38.1 Å². The van der Waals surface area contributed by atoms with E-state index in [1.54, 1.807) is 33.5 Å². The third-order valence-corrected chi connectivity index (χ3v) is 8.65. The summed E-state index contributed by atoms with van der Waals surface area (Å²) in [6.45, 7) is 4.65. The van der Waals surface area contributed by atoms with E-state index >= 15 is 0 Å². The molecule has 2 amide bonds. The average Bonchev–Trinajstić information content (AvgIpc) is 3.20. The van der Waals surface area contributed by atoms with Crippen LogP contribution in [0.4, 0.5) is 11.4 Å². The van der Waals surface area contributed by atoms with Crippen LogP contribution in [0.3, 0.4) is 0 Å². The summed E-state index contributed by atoms with van der Waals surface area (Å²) < 4.78 is 27.9. The van der Waals surface area contributed by atoms with Gasteiger partial charge in [-0.3, -0.25) is 9.59 Å². The van der Waals surface area contributed by atoms with E-state index in [2.05, 4.69) is 5.32 Å². The lowest BCUT2D eigenvalue weighted by Gasteiger charge is -2.37. The highest BCUT2D eigenvalue weighted by molar-refractivity contribution is 7.89. The normalized spacial score (nSPS) is 21.9. The number of nitrogens with zero attached hydrogens (tertiary/aromatic N) is 2. The second-order valence-corrected chi connectivity index (χ2v) is 10.9. The van der Waals surface area contributed by atoms with Gasteiger partial charge in [0.25, 0.3) is 0 Å². The summed E-state index contributed by atoms with van der Waals surface area (Å²) in [6, 6.07) is 13.8. The van der Waals surface area contributed by atoms with Crippen LogP contribution in [0.15, 0.2) is 53.4 Å². The number of rotatable bonds is 6. The molecule has 2 aromatic rings. The van der Waals surface area contributed by atoms with E-state index in [0.717, 1.165) is 43.5 Å². The highest BCUT2D eigenvalue weighted by Gasteiger charge is 2.35. The number of benzene rings is 2. The first-order chi connectivity index (χ1) is 15.8. The summed E-state index contributed by atoms with van der Waals surface area (Å²) >= 11 is 0. The maximum Gasteiger partial charge on any atom is 0.243 e. The van der Waals surface area contributed by atoms with Gasteiger partial charge in [0.15, 0.2) is 0 Å². The summed E-state index contributed by atoms with van der Waals surface area (Å²) in [5, 5.41) is 2.83. The maximum atomic E-state index is 13.1. The third-order valence-electron chi connectivity index (χ3n) is 6.51. The van der Waals surface area contributed by atoms with Gasteiger partial charge in [0.1, 0.15) is 0 Å². The molecule has 2 atom stereocenters. The molecule has 2 saturated heterocycles. The lowest BCUT2D eigenvalue weighted by molar-refractivity contribution is -0.117. The van der Waals surface area contributed by atoms with E-state index < -0.39 is 10.0 Å². The number of nitrogens with one attached hydrogen (secondary N) is 1. The first-order valence-corrected chi connectivity index (χ1v) is 13.0. The van der Waals surface area contributed by atoms with Crippen LogP contribution >= 0.6 is 0 Å². The Morgan fingerprint density at radius 2 is 1.61 bits per heavy atom. The second-order valence-electron chi connectivity index (χ2n) is 9.03. The van der Waals surface area contributed by atoms with Crippen LogP contribution in [-0.2, 0) is 26.0 Å². The molecule has 7 nitrogen and oxygen atoms in total. The Morgan fingerprint density at radius 1 is 0.970 bits per heavy atom. The third kappa shape index (κ3) is 5.12. The van der Waals surface area contributed by atoms with Gasteiger partial charge in [-0.15, -0.1) is 0 Å². The van der Waals surface area contributed by atoms with Crippen LogP contribution in [0, 0.1) is 0 Å². The maximum absolute atomic E-state index is 13.1. The first-order valence-electron chi connectivity index (χ1n) is 11.6. The van der Waals surface area contributed by atoms with Crippen molar-refractivity contribution < 1.29 is 18.0 Å². The zero-order valence-corrected chi connectivity index (χ0v) is 20.0. The molecule has 0 bridgehead atoms. The lowest BCUT2D eigenvalue weighted by Crippen LogP contribution is -2.47. The molecule has 2 heterocycles. The minimum atomic E-state index is -3.58. The first kappa shape index (κ1) is 23.4. The molecule has 2 aliphatic rings. The van der Waals surface area contributed by atoms with Gasteiger partial charge in [0.2, 0.25) is 21.8 Å². The molecule has 0 aromatic heterocycles. The van der Waals surface area contributed by atoms with Gasteiger partial charge in [0, 0.05) is 36.4 Å². The molecule has 0 aliphatic carbocycles. The van der Waals surface area contributed by atoms with Crippen molar-refractivity contribution in [1.82, 2.24) is 4.31 Å². The summed E-state index contributed by atoms with van der Waals surface area (Å²) in [4.78, 5) is 26.4. The fourth-order valence-corrected chi connectivity index (χ4v) is 6.69. The summed E-state index contributed by atoms with van der Waals surface area (Å²) in [5.41, 5.74) is 2.25. The monoisotopic (exact) mass is 469 g/mol. The van der Waals surface area contributed by atoms with E-state index in [9.17, 15) is 18.0 Å². The van der Waals surface area contributed by atoms with Crippen molar-refractivity contribution in [3.63, 3.8) is 0 Å². The van der Waals surface area contributed by atoms with Gasteiger partial charge in [-0.25, -0.2) is 8.42 Å². The summed E-state index contributed by atoms with van der Waals surface area (Å²) in [7, 11) is -3.58. The molecule has 8 heteroatoms.